The van der Waals surface area contributed by atoms with Crippen molar-refractivity contribution in [2.45, 2.75) is 46.6 Å². The molecular formula is C16H23NOS. The van der Waals surface area contributed by atoms with Crippen LogP contribution in [0.25, 0.3) is 0 Å². The van der Waals surface area contributed by atoms with Gasteiger partial charge in [0.25, 0.3) is 0 Å². The Balaban J connectivity index is 2.25. The molecule has 0 radical (unpaired) electrons. The fourth-order valence-corrected chi connectivity index (χ4v) is 3.24. The summed E-state index contributed by atoms with van der Waals surface area (Å²) in [4.78, 5) is 0. The zero-order valence-electron chi connectivity index (χ0n) is 12.2. The Kier molecular flexibility index (Phi) is 4.83. The van der Waals surface area contributed by atoms with E-state index in [2.05, 4.69) is 42.9 Å². The van der Waals surface area contributed by atoms with Gasteiger partial charge in [-0.1, -0.05) is 6.92 Å². The Labute approximate surface area is 119 Å². The molecule has 0 bridgehead atoms. The molecular weight excluding hydrogens is 254 g/mol. The second-order valence-electron chi connectivity index (χ2n) is 5.10. The van der Waals surface area contributed by atoms with Crippen molar-refractivity contribution in [2.24, 2.45) is 0 Å². The number of aryl methyl sites for hydroxylation is 2. The van der Waals surface area contributed by atoms with Gasteiger partial charge in [0.05, 0.1) is 0 Å². The number of nitrogens with one attached hydrogen (secondary N) is 1. The lowest BCUT2D eigenvalue weighted by molar-refractivity contribution is 0.480. The molecule has 0 aliphatic carbocycles. The molecule has 0 aliphatic rings. The quantitative estimate of drug-likeness (QED) is 0.838. The first-order chi connectivity index (χ1) is 9.13. The topological polar surface area (TPSA) is 25.2 Å². The maximum Gasteiger partial charge on any atom is 0.106 e. The predicted molar refractivity (Wildman–Crippen MR) is 82.0 cm³/mol. The van der Waals surface area contributed by atoms with E-state index in [1.807, 2.05) is 6.92 Å². The van der Waals surface area contributed by atoms with Crippen LogP contribution >= 0.6 is 11.3 Å². The van der Waals surface area contributed by atoms with Gasteiger partial charge in [-0.3, -0.25) is 0 Å². The highest BCUT2D eigenvalue weighted by atomic mass is 32.1. The zero-order valence-corrected chi connectivity index (χ0v) is 13.1. The van der Waals surface area contributed by atoms with Gasteiger partial charge in [0.1, 0.15) is 11.5 Å². The minimum Gasteiger partial charge on any atom is -0.466 e. The van der Waals surface area contributed by atoms with Crippen molar-refractivity contribution >= 4 is 11.3 Å². The van der Waals surface area contributed by atoms with Crippen molar-refractivity contribution < 1.29 is 4.42 Å². The SMILES string of the molecule is CCCNC(Cc1ccsc1)c1c(C)oc(C)c1C. The molecule has 3 heteroatoms. The molecule has 1 N–H and O–H groups in total. The molecule has 104 valence electrons. The molecule has 0 saturated carbocycles. The third kappa shape index (κ3) is 3.28. The monoisotopic (exact) mass is 277 g/mol. The maximum absolute atomic E-state index is 5.79. The van der Waals surface area contributed by atoms with Crippen LogP contribution in [0.3, 0.4) is 0 Å². The zero-order chi connectivity index (χ0) is 13.8. The highest BCUT2D eigenvalue weighted by Gasteiger charge is 2.21. The van der Waals surface area contributed by atoms with E-state index in [-0.39, 0.29) is 0 Å². The van der Waals surface area contributed by atoms with Crippen molar-refractivity contribution in [1.82, 2.24) is 5.32 Å². The number of thiophene rings is 1. The summed E-state index contributed by atoms with van der Waals surface area (Å²) in [6, 6.07) is 2.56. The van der Waals surface area contributed by atoms with E-state index in [1.165, 1.54) is 16.7 Å². The van der Waals surface area contributed by atoms with Crippen LogP contribution < -0.4 is 5.32 Å². The molecule has 2 nitrogen and oxygen atoms in total. The van der Waals surface area contributed by atoms with E-state index in [0.717, 1.165) is 30.9 Å². The first-order valence-corrected chi connectivity index (χ1v) is 7.88. The molecule has 2 heterocycles. The van der Waals surface area contributed by atoms with E-state index < -0.39 is 0 Å². The van der Waals surface area contributed by atoms with Crippen LogP contribution in [-0.4, -0.2) is 6.54 Å². The van der Waals surface area contributed by atoms with Gasteiger partial charge < -0.3 is 9.73 Å². The second kappa shape index (κ2) is 6.40. The van der Waals surface area contributed by atoms with Crippen LogP contribution in [0, 0.1) is 20.8 Å². The van der Waals surface area contributed by atoms with Crippen molar-refractivity contribution in [3.8, 4) is 0 Å². The minimum absolute atomic E-state index is 0.354. The van der Waals surface area contributed by atoms with E-state index in [4.69, 9.17) is 4.42 Å². The molecule has 1 atom stereocenters. The molecule has 2 aromatic rings. The molecule has 1 unspecified atom stereocenters. The number of hydrogen-bond acceptors (Lipinski definition) is 3. The molecule has 0 spiro atoms. The Morgan fingerprint density at radius 3 is 2.58 bits per heavy atom. The fraction of sp³-hybridized carbons (Fsp3) is 0.500. The van der Waals surface area contributed by atoms with Crippen LogP contribution in [-0.2, 0) is 6.42 Å². The summed E-state index contributed by atoms with van der Waals surface area (Å²) in [5.41, 5.74) is 4.04. The van der Waals surface area contributed by atoms with Gasteiger partial charge in [0, 0.05) is 11.6 Å². The van der Waals surface area contributed by atoms with Crippen LogP contribution in [0.4, 0.5) is 0 Å². The van der Waals surface area contributed by atoms with Crippen molar-refractivity contribution in [3.05, 3.63) is 45.0 Å². The normalized spacial score (nSPS) is 12.8. The van der Waals surface area contributed by atoms with E-state index in [9.17, 15) is 0 Å². The lowest BCUT2D eigenvalue weighted by Crippen LogP contribution is -2.24. The van der Waals surface area contributed by atoms with Crippen molar-refractivity contribution in [3.63, 3.8) is 0 Å². The van der Waals surface area contributed by atoms with Gasteiger partial charge in [0.2, 0.25) is 0 Å². The van der Waals surface area contributed by atoms with Crippen LogP contribution in [0.1, 0.15) is 47.6 Å². The smallest absolute Gasteiger partial charge is 0.106 e. The lowest BCUT2D eigenvalue weighted by Gasteiger charge is -2.19. The van der Waals surface area contributed by atoms with Gasteiger partial charge in [-0.25, -0.2) is 0 Å². The predicted octanol–water partition coefficient (Wildman–Crippen LogP) is 4.55. The highest BCUT2D eigenvalue weighted by molar-refractivity contribution is 7.07. The Morgan fingerprint density at radius 1 is 1.26 bits per heavy atom. The van der Waals surface area contributed by atoms with Crippen LogP contribution in [0.15, 0.2) is 21.2 Å². The summed E-state index contributed by atoms with van der Waals surface area (Å²) in [6.07, 6.45) is 2.18. The van der Waals surface area contributed by atoms with Gasteiger partial charge in [0.15, 0.2) is 0 Å². The standard InChI is InChI=1S/C16H23NOS/c1-5-7-17-15(9-14-6-8-19-10-14)16-11(2)12(3)18-13(16)4/h6,8,10,15,17H,5,7,9H2,1-4H3. The van der Waals surface area contributed by atoms with Gasteiger partial charge in [-0.2, -0.15) is 11.3 Å². The minimum atomic E-state index is 0.354. The first-order valence-electron chi connectivity index (χ1n) is 6.94. The summed E-state index contributed by atoms with van der Waals surface area (Å²) < 4.78 is 5.79. The van der Waals surface area contributed by atoms with E-state index >= 15 is 0 Å². The summed E-state index contributed by atoms with van der Waals surface area (Å²) in [5.74, 6) is 2.10. The van der Waals surface area contributed by atoms with E-state index in [1.54, 1.807) is 11.3 Å². The van der Waals surface area contributed by atoms with E-state index in [0.29, 0.717) is 6.04 Å². The lowest BCUT2D eigenvalue weighted by atomic mass is 9.97. The molecule has 0 aliphatic heterocycles. The molecule has 0 amide bonds. The average molecular weight is 277 g/mol. The summed E-state index contributed by atoms with van der Waals surface area (Å²) in [5, 5.41) is 8.04. The summed E-state index contributed by atoms with van der Waals surface area (Å²) in [7, 11) is 0. The summed E-state index contributed by atoms with van der Waals surface area (Å²) >= 11 is 1.76. The molecule has 2 aromatic heterocycles. The second-order valence-corrected chi connectivity index (χ2v) is 5.88. The Morgan fingerprint density at radius 2 is 2.05 bits per heavy atom. The Hall–Kier alpha value is -1.06. The largest absolute Gasteiger partial charge is 0.466 e. The van der Waals surface area contributed by atoms with Crippen LogP contribution in [0.2, 0.25) is 0 Å². The van der Waals surface area contributed by atoms with Gasteiger partial charge in [-0.15, -0.1) is 0 Å². The maximum atomic E-state index is 5.79. The number of hydrogen-bond donors (Lipinski definition) is 1. The average Bonchev–Trinajstić information content (AvgIpc) is 2.95. The molecule has 0 fully saturated rings. The Bertz CT molecular complexity index is 513. The molecule has 0 saturated heterocycles. The number of furan rings is 1. The highest BCUT2D eigenvalue weighted by Crippen LogP contribution is 2.29. The molecule has 0 aromatic carbocycles. The van der Waals surface area contributed by atoms with Crippen molar-refractivity contribution in [2.75, 3.05) is 6.54 Å². The first kappa shape index (κ1) is 14.4. The number of rotatable bonds is 6. The van der Waals surface area contributed by atoms with Gasteiger partial charge >= 0.3 is 0 Å². The third-order valence-corrected chi connectivity index (χ3v) is 4.36. The molecule has 19 heavy (non-hydrogen) atoms. The third-order valence-electron chi connectivity index (χ3n) is 3.63. The van der Waals surface area contributed by atoms with Gasteiger partial charge in [-0.05, 0) is 68.1 Å². The fourth-order valence-electron chi connectivity index (χ4n) is 2.56. The summed E-state index contributed by atoms with van der Waals surface area (Å²) in [6.45, 7) is 9.53. The van der Waals surface area contributed by atoms with Crippen molar-refractivity contribution in [1.29, 1.82) is 0 Å². The van der Waals surface area contributed by atoms with Crippen LogP contribution in [0.5, 0.6) is 0 Å². The molecule has 2 rings (SSSR count).